The minimum absolute atomic E-state index is 0.00687. The smallest absolute Gasteiger partial charge is 0.436 e. The van der Waals surface area contributed by atoms with E-state index in [1.807, 2.05) is 0 Å². The molecule has 1 aliphatic rings. The molecule has 1 fully saturated rings. The van der Waals surface area contributed by atoms with Crippen molar-refractivity contribution in [3.05, 3.63) is 24.4 Å². The van der Waals surface area contributed by atoms with E-state index >= 15 is 0 Å². The summed E-state index contributed by atoms with van der Waals surface area (Å²) in [4.78, 5) is 50.3. The van der Waals surface area contributed by atoms with Crippen LogP contribution in [-0.2, 0) is 14.4 Å². The van der Waals surface area contributed by atoms with Gasteiger partial charge in [0, 0.05) is 18.2 Å². The van der Waals surface area contributed by atoms with Crippen molar-refractivity contribution in [3.8, 4) is 0 Å². The average molecular weight is 318 g/mol. The van der Waals surface area contributed by atoms with Crippen LogP contribution in [0, 0.1) is 0 Å². The van der Waals surface area contributed by atoms with Crippen LogP contribution in [0.1, 0.15) is 12.8 Å². The molecule has 3 amide bonds. The summed E-state index contributed by atoms with van der Waals surface area (Å²) in [7, 11) is 0. The SMILES string of the molecule is O=C(Nc1cccc2c1cnn2C(=O)O)ON1C(=O)CCC1=O. The minimum Gasteiger partial charge on any atom is -0.463 e. The lowest BCUT2D eigenvalue weighted by Gasteiger charge is -2.13. The lowest BCUT2D eigenvalue weighted by molar-refractivity contribution is -0.170. The van der Waals surface area contributed by atoms with E-state index in [4.69, 9.17) is 5.11 Å². The van der Waals surface area contributed by atoms with Crippen molar-refractivity contribution < 1.29 is 29.1 Å². The number of nitrogens with zero attached hydrogens (tertiary/aromatic N) is 3. The summed E-state index contributed by atoms with van der Waals surface area (Å²) >= 11 is 0. The highest BCUT2D eigenvalue weighted by Gasteiger charge is 2.33. The van der Waals surface area contributed by atoms with Crippen molar-refractivity contribution in [1.82, 2.24) is 14.8 Å². The Labute approximate surface area is 128 Å². The van der Waals surface area contributed by atoms with E-state index in [-0.39, 0.29) is 24.0 Å². The van der Waals surface area contributed by atoms with Crippen LogP contribution in [0.25, 0.3) is 10.9 Å². The first kappa shape index (κ1) is 14.5. The van der Waals surface area contributed by atoms with Crippen LogP contribution >= 0.6 is 0 Å². The maximum atomic E-state index is 11.8. The molecule has 0 unspecified atom stereocenters. The highest BCUT2D eigenvalue weighted by atomic mass is 16.7. The number of anilines is 1. The van der Waals surface area contributed by atoms with E-state index < -0.39 is 24.0 Å². The highest BCUT2D eigenvalue weighted by Crippen LogP contribution is 2.23. The second-order valence-electron chi connectivity index (χ2n) is 4.66. The number of nitrogens with one attached hydrogen (secondary N) is 1. The van der Waals surface area contributed by atoms with Gasteiger partial charge in [-0.15, -0.1) is 5.06 Å². The first-order valence-corrected chi connectivity index (χ1v) is 6.52. The predicted molar refractivity (Wildman–Crippen MR) is 74.3 cm³/mol. The molecule has 0 aliphatic carbocycles. The Balaban J connectivity index is 1.81. The van der Waals surface area contributed by atoms with E-state index in [1.54, 1.807) is 0 Å². The van der Waals surface area contributed by atoms with Crippen molar-refractivity contribution in [3.63, 3.8) is 0 Å². The van der Waals surface area contributed by atoms with Crippen LogP contribution in [0.3, 0.4) is 0 Å². The number of hydrogen-bond acceptors (Lipinski definition) is 6. The molecule has 0 radical (unpaired) electrons. The predicted octanol–water partition coefficient (Wildman–Crippen LogP) is 1.17. The van der Waals surface area contributed by atoms with Gasteiger partial charge in [0.1, 0.15) is 0 Å². The van der Waals surface area contributed by atoms with Crippen LogP contribution in [0.15, 0.2) is 24.4 Å². The maximum absolute atomic E-state index is 11.8. The van der Waals surface area contributed by atoms with Gasteiger partial charge in [-0.1, -0.05) is 6.07 Å². The standard InChI is InChI=1S/C13H10N4O6/c18-10-4-5-11(19)17(10)23-12(20)15-8-2-1-3-9-7(8)6-14-16(9)13(21)22/h1-3,6H,4-5H2,(H,15,20)(H,21,22). The number of imide groups is 1. The van der Waals surface area contributed by atoms with Gasteiger partial charge in [-0.25, -0.2) is 9.59 Å². The van der Waals surface area contributed by atoms with Crippen LogP contribution in [-0.4, -0.2) is 44.0 Å². The van der Waals surface area contributed by atoms with Gasteiger partial charge in [0.05, 0.1) is 17.4 Å². The minimum atomic E-state index is -1.27. The Morgan fingerprint density at radius 1 is 1.22 bits per heavy atom. The average Bonchev–Trinajstić information content (AvgIpc) is 3.06. The quantitative estimate of drug-likeness (QED) is 0.795. The Bertz CT molecular complexity index is 826. The van der Waals surface area contributed by atoms with Gasteiger partial charge in [-0.3, -0.25) is 14.9 Å². The third-order valence-corrected chi connectivity index (χ3v) is 3.21. The zero-order valence-electron chi connectivity index (χ0n) is 11.6. The summed E-state index contributed by atoms with van der Waals surface area (Å²) in [5, 5.41) is 15.8. The first-order valence-electron chi connectivity index (χ1n) is 6.52. The number of carboxylic acid groups (broad SMARTS) is 1. The molecular formula is C13H10N4O6. The molecule has 1 aromatic heterocycles. The Morgan fingerprint density at radius 3 is 2.57 bits per heavy atom. The third kappa shape index (κ3) is 2.57. The highest BCUT2D eigenvalue weighted by molar-refractivity contribution is 6.04. The van der Waals surface area contributed by atoms with Crippen LogP contribution in [0.2, 0.25) is 0 Å². The van der Waals surface area contributed by atoms with Gasteiger partial charge in [0.2, 0.25) is 0 Å². The molecule has 2 aromatic rings. The summed E-state index contributed by atoms with van der Waals surface area (Å²) in [5.41, 5.74) is 0.503. The summed E-state index contributed by atoms with van der Waals surface area (Å²) in [6, 6.07) is 4.54. The molecule has 2 heterocycles. The lowest BCUT2D eigenvalue weighted by atomic mass is 10.2. The lowest BCUT2D eigenvalue weighted by Crippen LogP contribution is -2.33. The second-order valence-corrected chi connectivity index (χ2v) is 4.66. The van der Waals surface area contributed by atoms with E-state index in [9.17, 15) is 19.2 Å². The van der Waals surface area contributed by atoms with Gasteiger partial charge in [-0.2, -0.15) is 9.78 Å². The largest absolute Gasteiger partial charge is 0.463 e. The number of fused-ring (bicyclic) bond motifs is 1. The number of benzene rings is 1. The van der Waals surface area contributed by atoms with Gasteiger partial charge in [0.25, 0.3) is 11.8 Å². The summed E-state index contributed by atoms with van der Waals surface area (Å²) in [5.74, 6) is -1.19. The molecule has 2 N–H and O–H groups in total. The van der Waals surface area contributed by atoms with Crippen molar-refractivity contribution in [2.45, 2.75) is 12.8 Å². The normalized spacial score (nSPS) is 14.3. The van der Waals surface area contributed by atoms with E-state index in [1.165, 1.54) is 24.4 Å². The van der Waals surface area contributed by atoms with E-state index in [0.717, 1.165) is 4.68 Å². The Kier molecular flexibility index (Phi) is 3.41. The fourth-order valence-corrected chi connectivity index (χ4v) is 2.19. The molecule has 0 saturated carbocycles. The summed E-state index contributed by atoms with van der Waals surface area (Å²) in [6.07, 6.45) is -1.05. The Hall–Kier alpha value is -3.43. The van der Waals surface area contributed by atoms with Gasteiger partial charge < -0.3 is 9.94 Å². The van der Waals surface area contributed by atoms with Crippen LogP contribution in [0.5, 0.6) is 0 Å². The van der Waals surface area contributed by atoms with Crippen molar-refractivity contribution >= 4 is 40.6 Å². The van der Waals surface area contributed by atoms with Crippen LogP contribution in [0.4, 0.5) is 15.3 Å². The fourth-order valence-electron chi connectivity index (χ4n) is 2.19. The Morgan fingerprint density at radius 2 is 1.91 bits per heavy atom. The molecule has 1 aromatic carbocycles. The number of carbonyl (C=O) groups is 4. The van der Waals surface area contributed by atoms with Crippen LogP contribution < -0.4 is 5.32 Å². The first-order chi connectivity index (χ1) is 11.0. The van der Waals surface area contributed by atoms with Gasteiger partial charge >= 0.3 is 12.2 Å². The number of aromatic nitrogens is 2. The summed E-state index contributed by atoms with van der Waals surface area (Å²) in [6.45, 7) is 0. The van der Waals surface area contributed by atoms with Crippen molar-refractivity contribution in [1.29, 1.82) is 0 Å². The molecule has 0 spiro atoms. The molecule has 118 valence electrons. The zero-order chi connectivity index (χ0) is 16.6. The van der Waals surface area contributed by atoms with Crippen molar-refractivity contribution in [2.75, 3.05) is 5.32 Å². The van der Waals surface area contributed by atoms with E-state index in [0.29, 0.717) is 10.4 Å². The second kappa shape index (κ2) is 5.40. The number of amides is 3. The molecule has 3 rings (SSSR count). The monoisotopic (exact) mass is 318 g/mol. The number of hydrogen-bond donors (Lipinski definition) is 2. The van der Waals surface area contributed by atoms with Gasteiger partial charge in [0.15, 0.2) is 0 Å². The summed E-state index contributed by atoms with van der Waals surface area (Å²) < 4.78 is 0.749. The molecule has 23 heavy (non-hydrogen) atoms. The van der Waals surface area contributed by atoms with Gasteiger partial charge in [-0.05, 0) is 12.1 Å². The zero-order valence-corrected chi connectivity index (χ0v) is 11.6. The molecule has 1 saturated heterocycles. The number of hydroxylamine groups is 2. The number of carbonyl (C=O) groups excluding carboxylic acids is 3. The van der Waals surface area contributed by atoms with E-state index in [2.05, 4.69) is 15.3 Å². The maximum Gasteiger partial charge on any atom is 0.436 e. The molecule has 0 bridgehead atoms. The van der Waals surface area contributed by atoms with Crippen molar-refractivity contribution in [2.24, 2.45) is 0 Å². The topological polar surface area (TPSA) is 131 Å². The molecule has 10 heteroatoms. The molecular weight excluding hydrogens is 308 g/mol. The molecule has 10 nitrogen and oxygen atoms in total. The molecule has 0 atom stereocenters. The molecule has 1 aliphatic heterocycles. The third-order valence-electron chi connectivity index (χ3n) is 3.21. The number of rotatable bonds is 2. The fraction of sp³-hybridized carbons (Fsp3) is 0.154.